The van der Waals surface area contributed by atoms with E-state index in [0.717, 1.165) is 33.4 Å². The van der Waals surface area contributed by atoms with Gasteiger partial charge in [-0.2, -0.15) is 0 Å². The van der Waals surface area contributed by atoms with E-state index in [1.54, 1.807) is 14.2 Å². The minimum atomic E-state index is 0.638. The highest BCUT2D eigenvalue weighted by Gasteiger charge is 2.10. The van der Waals surface area contributed by atoms with Gasteiger partial charge in [-0.05, 0) is 72.8 Å². The molecule has 0 spiro atoms. The van der Waals surface area contributed by atoms with Gasteiger partial charge in [-0.15, -0.1) is 0 Å². The second-order valence-corrected chi connectivity index (χ2v) is 9.92. The summed E-state index contributed by atoms with van der Waals surface area (Å²) in [6, 6.07) is 43.2. The molecule has 0 N–H and O–H groups in total. The molecule has 0 aromatic heterocycles. The molecule has 0 unspecified atom stereocenters. The lowest BCUT2D eigenvalue weighted by molar-refractivity contribution is 0.401. The molecule has 2 heteroatoms. The quantitative estimate of drug-likeness (QED) is 0.195. The van der Waals surface area contributed by atoms with Gasteiger partial charge in [0.1, 0.15) is 11.5 Å². The summed E-state index contributed by atoms with van der Waals surface area (Å²) < 4.78 is 11.7. The summed E-state index contributed by atoms with van der Waals surface area (Å²) >= 11 is 0. The minimum absolute atomic E-state index is 0.638. The van der Waals surface area contributed by atoms with Gasteiger partial charge in [-0.25, -0.2) is 0 Å². The first-order valence-corrected chi connectivity index (χ1v) is 14.7. The molecule has 0 radical (unpaired) electrons. The van der Waals surface area contributed by atoms with Gasteiger partial charge in [-0.1, -0.05) is 120 Å². The van der Waals surface area contributed by atoms with E-state index in [-0.39, 0.29) is 0 Å². The van der Waals surface area contributed by atoms with Crippen LogP contribution in [-0.2, 0) is 0 Å². The largest absolute Gasteiger partial charge is 0.496 e. The maximum Gasteiger partial charge on any atom is 0.127 e. The molecule has 0 atom stereocenters. The number of hydrogen-bond donors (Lipinski definition) is 0. The van der Waals surface area contributed by atoms with Crippen molar-refractivity contribution in [3.05, 3.63) is 178 Å². The van der Waals surface area contributed by atoms with Crippen molar-refractivity contribution in [2.75, 3.05) is 14.2 Å². The van der Waals surface area contributed by atoms with Crippen LogP contribution in [0.2, 0.25) is 0 Å². The third kappa shape index (κ3) is 9.21. The Morgan fingerprint density at radius 3 is 0.913 bits per heavy atom. The van der Waals surface area contributed by atoms with Crippen molar-refractivity contribution in [3.8, 4) is 58.9 Å². The molecule has 0 saturated heterocycles. The first-order valence-electron chi connectivity index (χ1n) is 14.7. The Kier molecular flexibility index (Phi) is 10.9. The molecule has 218 valence electrons. The van der Waals surface area contributed by atoms with Crippen molar-refractivity contribution < 1.29 is 9.47 Å². The Hall–Kier alpha value is -6.58. The average molecular weight is 591 g/mol. The van der Waals surface area contributed by atoms with Crippen LogP contribution in [0.25, 0.3) is 12.2 Å². The van der Waals surface area contributed by atoms with Crippen LogP contribution in [0.15, 0.2) is 145 Å². The van der Waals surface area contributed by atoms with Crippen LogP contribution in [-0.4, -0.2) is 14.2 Å². The van der Waals surface area contributed by atoms with Gasteiger partial charge < -0.3 is 9.47 Å². The molecular formula is C44H30O2. The topological polar surface area (TPSA) is 18.5 Å². The number of methoxy groups -OCH3 is 2. The normalized spacial score (nSPS) is 9.26. The maximum atomic E-state index is 5.85. The lowest BCUT2D eigenvalue weighted by atomic mass is 10.0. The lowest BCUT2D eigenvalue weighted by Crippen LogP contribution is -1.94. The summed E-state index contributed by atoms with van der Waals surface area (Å²) in [4.78, 5) is 0. The van der Waals surface area contributed by atoms with Crippen molar-refractivity contribution in [2.24, 2.45) is 0 Å². The third-order valence-corrected chi connectivity index (χ3v) is 6.64. The van der Waals surface area contributed by atoms with E-state index in [1.165, 1.54) is 0 Å². The first-order chi connectivity index (χ1) is 22.7. The van der Waals surface area contributed by atoms with Crippen molar-refractivity contribution in [2.45, 2.75) is 0 Å². The van der Waals surface area contributed by atoms with Gasteiger partial charge in [0.25, 0.3) is 0 Å². The van der Waals surface area contributed by atoms with Crippen LogP contribution >= 0.6 is 0 Å². The Morgan fingerprint density at radius 1 is 0.413 bits per heavy atom. The number of hydrogen-bond acceptors (Lipinski definition) is 2. The van der Waals surface area contributed by atoms with E-state index in [1.807, 2.05) is 146 Å². The minimum Gasteiger partial charge on any atom is -0.496 e. The molecule has 0 saturated carbocycles. The fourth-order valence-corrected chi connectivity index (χ4v) is 4.33. The third-order valence-electron chi connectivity index (χ3n) is 6.64. The van der Waals surface area contributed by atoms with Gasteiger partial charge in [-0.3, -0.25) is 0 Å². The smallest absolute Gasteiger partial charge is 0.127 e. The highest BCUT2D eigenvalue weighted by molar-refractivity contribution is 5.76. The Labute approximate surface area is 272 Å². The maximum absolute atomic E-state index is 5.85. The predicted molar refractivity (Wildman–Crippen MR) is 189 cm³/mol. The second-order valence-electron chi connectivity index (χ2n) is 9.92. The van der Waals surface area contributed by atoms with E-state index in [4.69, 9.17) is 9.47 Å². The van der Waals surface area contributed by atoms with Crippen molar-refractivity contribution in [1.82, 2.24) is 0 Å². The molecule has 46 heavy (non-hydrogen) atoms. The van der Waals surface area contributed by atoms with Crippen LogP contribution in [0.4, 0.5) is 0 Å². The molecule has 0 heterocycles. The summed E-state index contributed by atoms with van der Waals surface area (Å²) in [5.41, 5.74) is 6.45. The zero-order chi connectivity index (χ0) is 31.8. The number of allylic oxidation sites excluding steroid dienone is 2. The zero-order valence-corrected chi connectivity index (χ0v) is 25.7. The number of benzene rings is 5. The van der Waals surface area contributed by atoms with Gasteiger partial charge in [0.15, 0.2) is 0 Å². The number of rotatable bonds is 4. The fraction of sp³-hybridized carbons (Fsp3) is 0.0455. The lowest BCUT2D eigenvalue weighted by Gasteiger charge is -2.11. The summed E-state index contributed by atoms with van der Waals surface area (Å²) in [6.45, 7) is 0. The summed E-state index contributed by atoms with van der Waals surface area (Å²) in [6.07, 6.45) is 3.85. The van der Waals surface area contributed by atoms with Crippen LogP contribution in [0.3, 0.4) is 0 Å². The molecular weight excluding hydrogens is 560 g/mol. The highest BCUT2D eigenvalue weighted by Crippen LogP contribution is 2.32. The van der Waals surface area contributed by atoms with Crippen molar-refractivity contribution in [3.63, 3.8) is 0 Å². The second kappa shape index (κ2) is 16.3. The Morgan fingerprint density at radius 2 is 0.674 bits per heavy atom. The molecule has 5 aromatic rings. The van der Waals surface area contributed by atoms with Gasteiger partial charge in [0.2, 0.25) is 0 Å². The Bertz CT molecular complexity index is 1820. The predicted octanol–water partition coefficient (Wildman–Crippen LogP) is 8.68. The fourth-order valence-electron chi connectivity index (χ4n) is 4.33. The molecule has 5 rings (SSSR count). The van der Waals surface area contributed by atoms with E-state index < -0.39 is 0 Å². The number of ether oxygens (including phenoxy) is 2. The van der Waals surface area contributed by atoms with Crippen molar-refractivity contribution in [1.29, 1.82) is 0 Å². The highest BCUT2D eigenvalue weighted by atomic mass is 16.5. The molecule has 0 aliphatic carbocycles. The van der Waals surface area contributed by atoms with Crippen LogP contribution in [0.1, 0.15) is 33.4 Å². The molecule has 0 aliphatic rings. The first kappa shape index (κ1) is 30.9. The van der Waals surface area contributed by atoms with Crippen LogP contribution < -0.4 is 9.47 Å². The van der Waals surface area contributed by atoms with E-state index in [0.29, 0.717) is 22.6 Å². The summed E-state index contributed by atoms with van der Waals surface area (Å²) in [5.74, 6) is 27.2. The van der Waals surface area contributed by atoms with Gasteiger partial charge >= 0.3 is 0 Å². The summed E-state index contributed by atoms with van der Waals surface area (Å²) in [7, 11) is 3.28. The van der Waals surface area contributed by atoms with E-state index >= 15 is 0 Å². The van der Waals surface area contributed by atoms with Gasteiger partial charge in [0, 0.05) is 33.4 Å². The molecule has 0 aliphatic heterocycles. The van der Waals surface area contributed by atoms with Gasteiger partial charge in [0.05, 0.1) is 25.4 Å². The van der Waals surface area contributed by atoms with E-state index in [2.05, 4.69) is 47.4 Å². The van der Waals surface area contributed by atoms with Crippen LogP contribution in [0, 0.1) is 47.4 Å². The van der Waals surface area contributed by atoms with Crippen molar-refractivity contribution >= 4 is 12.2 Å². The molecule has 2 nitrogen and oxygen atoms in total. The Balaban J connectivity index is 1.59. The molecule has 0 amide bonds. The van der Waals surface area contributed by atoms with Crippen LogP contribution in [0.5, 0.6) is 11.5 Å². The summed E-state index contributed by atoms with van der Waals surface area (Å²) in [5, 5.41) is 0. The van der Waals surface area contributed by atoms with E-state index in [9.17, 15) is 0 Å². The monoisotopic (exact) mass is 590 g/mol. The molecule has 0 fully saturated rings. The average Bonchev–Trinajstić information content (AvgIpc) is 3.12. The SMILES string of the molecule is COc1cc(C=C(C#Cc2ccccc2)C#Cc2ccccc2)c(OC)cc1C=C(C#Cc1ccccc1)C#Cc1ccccc1. The standard InChI is InChI=1S/C44H30O2/c1-45-43-33-42(32-40(29-25-37-19-11-5-12-20-37)30-26-38-21-13-6-14-22-38)44(46-2)34-41(43)31-39(27-23-35-15-7-3-8-16-35)28-24-36-17-9-4-10-18-36/h3-22,31-34H,1-2H3. The molecule has 0 bridgehead atoms. The molecule has 5 aromatic carbocycles. The zero-order valence-electron chi connectivity index (χ0n) is 25.7.